The number of nitrogens with zero attached hydrogens (tertiary/aromatic N) is 3. The molecule has 0 aliphatic rings. The molecule has 0 saturated heterocycles. The molecule has 0 amide bonds. The number of hydrogen-bond acceptors (Lipinski definition) is 4. The first-order valence-electron chi connectivity index (χ1n) is 6.26. The largest absolute Gasteiger partial charge is 0.278 e. The Balaban J connectivity index is 1.86. The minimum absolute atomic E-state index is 0.102. The van der Waals surface area contributed by atoms with Crippen molar-refractivity contribution in [1.29, 1.82) is 0 Å². The second-order valence-electron chi connectivity index (χ2n) is 4.50. The van der Waals surface area contributed by atoms with Gasteiger partial charge in [-0.2, -0.15) is 0 Å². The third kappa shape index (κ3) is 2.58. The maximum absolute atomic E-state index is 12.3. The van der Waals surface area contributed by atoms with Gasteiger partial charge in [-0.1, -0.05) is 35.0 Å². The maximum atomic E-state index is 12.3. The zero-order valence-electron chi connectivity index (χ0n) is 11.0. The first-order chi connectivity index (χ1) is 9.74. The van der Waals surface area contributed by atoms with Crippen molar-refractivity contribution in [3.05, 3.63) is 64.4 Å². The highest BCUT2D eigenvalue weighted by atomic mass is 32.2. The molecule has 0 N–H and O–H groups in total. The second-order valence-corrected chi connectivity index (χ2v) is 5.52. The quantitative estimate of drug-likeness (QED) is 0.693. The van der Waals surface area contributed by atoms with E-state index in [-0.39, 0.29) is 5.56 Å². The molecular formula is C15H13N3OS. The highest BCUT2D eigenvalue weighted by Crippen LogP contribution is 2.19. The highest BCUT2D eigenvalue weighted by Gasteiger charge is 2.05. The van der Waals surface area contributed by atoms with E-state index in [1.807, 2.05) is 31.2 Å². The van der Waals surface area contributed by atoms with Gasteiger partial charge in [0.2, 0.25) is 0 Å². The van der Waals surface area contributed by atoms with E-state index < -0.39 is 0 Å². The Labute approximate surface area is 120 Å². The van der Waals surface area contributed by atoms with E-state index in [4.69, 9.17) is 0 Å². The number of rotatable bonds is 3. The van der Waals surface area contributed by atoms with Crippen molar-refractivity contribution in [1.82, 2.24) is 15.0 Å². The second kappa shape index (κ2) is 5.46. The molecule has 100 valence electrons. The van der Waals surface area contributed by atoms with E-state index in [1.165, 1.54) is 10.2 Å². The van der Waals surface area contributed by atoms with Gasteiger partial charge in [-0.15, -0.1) is 16.9 Å². The standard InChI is InChI=1S/C15H13N3OS/c1-11-6-8-12(9-7-11)20-10-18-15(19)13-4-2-3-5-14(13)16-17-18/h2-9H,10H2,1H3. The lowest BCUT2D eigenvalue weighted by Gasteiger charge is -2.05. The van der Waals surface area contributed by atoms with Crippen LogP contribution in [0.3, 0.4) is 0 Å². The molecule has 0 spiro atoms. The summed E-state index contributed by atoms with van der Waals surface area (Å²) in [5.74, 6) is 0.458. The predicted octanol–water partition coefficient (Wildman–Crippen LogP) is 2.85. The summed E-state index contributed by atoms with van der Waals surface area (Å²) in [5.41, 5.74) is 1.75. The van der Waals surface area contributed by atoms with Crippen LogP contribution in [0.25, 0.3) is 10.9 Å². The van der Waals surface area contributed by atoms with Crippen molar-refractivity contribution >= 4 is 22.7 Å². The fraction of sp³-hybridized carbons (Fsp3) is 0.133. The van der Waals surface area contributed by atoms with E-state index in [2.05, 4.69) is 22.4 Å². The number of thioether (sulfide) groups is 1. The average molecular weight is 283 g/mol. The Morgan fingerprint density at radius 1 is 1.10 bits per heavy atom. The van der Waals surface area contributed by atoms with Gasteiger partial charge in [0.25, 0.3) is 5.56 Å². The smallest absolute Gasteiger partial charge is 0.267 e. The van der Waals surface area contributed by atoms with Crippen LogP contribution in [0.5, 0.6) is 0 Å². The molecule has 0 atom stereocenters. The summed E-state index contributed by atoms with van der Waals surface area (Å²) in [7, 11) is 0. The van der Waals surface area contributed by atoms with Gasteiger partial charge >= 0.3 is 0 Å². The summed E-state index contributed by atoms with van der Waals surface area (Å²) in [6, 6.07) is 15.4. The van der Waals surface area contributed by atoms with Crippen LogP contribution in [-0.2, 0) is 5.88 Å². The van der Waals surface area contributed by atoms with Gasteiger partial charge in [-0.25, -0.2) is 4.68 Å². The SMILES string of the molecule is Cc1ccc(SCn2nnc3ccccc3c2=O)cc1. The molecule has 3 rings (SSSR count). The zero-order valence-corrected chi connectivity index (χ0v) is 11.8. The fourth-order valence-corrected chi connectivity index (χ4v) is 2.65. The van der Waals surface area contributed by atoms with Crippen molar-refractivity contribution in [3.8, 4) is 0 Å². The van der Waals surface area contributed by atoms with E-state index >= 15 is 0 Å². The lowest BCUT2D eigenvalue weighted by molar-refractivity contribution is 0.645. The molecule has 4 nitrogen and oxygen atoms in total. The number of benzene rings is 2. The number of aryl methyl sites for hydroxylation is 1. The molecule has 0 radical (unpaired) electrons. The molecule has 0 fully saturated rings. The Kier molecular flexibility index (Phi) is 3.52. The fourth-order valence-electron chi connectivity index (χ4n) is 1.88. The maximum Gasteiger partial charge on any atom is 0.278 e. The van der Waals surface area contributed by atoms with Crippen molar-refractivity contribution in [2.24, 2.45) is 0 Å². The van der Waals surface area contributed by atoms with Crippen LogP contribution < -0.4 is 5.56 Å². The van der Waals surface area contributed by atoms with Crippen LogP contribution in [0.1, 0.15) is 5.56 Å². The molecule has 20 heavy (non-hydrogen) atoms. The summed E-state index contributed by atoms with van der Waals surface area (Å²) in [5, 5.41) is 8.64. The Morgan fingerprint density at radius 3 is 2.65 bits per heavy atom. The van der Waals surface area contributed by atoms with Gasteiger partial charge < -0.3 is 0 Å². The van der Waals surface area contributed by atoms with Crippen LogP contribution in [0.2, 0.25) is 0 Å². The number of fused-ring (bicyclic) bond motifs is 1. The number of hydrogen-bond donors (Lipinski definition) is 0. The monoisotopic (exact) mass is 283 g/mol. The van der Waals surface area contributed by atoms with E-state index in [0.717, 1.165) is 4.90 Å². The molecule has 0 aliphatic heterocycles. The van der Waals surface area contributed by atoms with Crippen molar-refractivity contribution in [2.45, 2.75) is 17.7 Å². The minimum atomic E-state index is -0.102. The Morgan fingerprint density at radius 2 is 1.85 bits per heavy atom. The van der Waals surface area contributed by atoms with Gasteiger partial charge in [0.1, 0.15) is 5.52 Å². The van der Waals surface area contributed by atoms with Gasteiger partial charge in [-0.3, -0.25) is 4.79 Å². The Hall–Kier alpha value is -2.14. The molecule has 5 heteroatoms. The highest BCUT2D eigenvalue weighted by molar-refractivity contribution is 7.98. The molecule has 3 aromatic rings. The molecule has 0 saturated carbocycles. The Bertz CT molecular complexity index is 796. The summed E-state index contributed by atoms with van der Waals surface area (Å²) < 4.78 is 1.40. The molecule has 0 unspecified atom stereocenters. The van der Waals surface area contributed by atoms with E-state index in [0.29, 0.717) is 16.8 Å². The van der Waals surface area contributed by atoms with Gasteiger partial charge in [0, 0.05) is 4.90 Å². The van der Waals surface area contributed by atoms with Gasteiger partial charge in [0.15, 0.2) is 0 Å². The lowest BCUT2D eigenvalue weighted by atomic mass is 10.2. The number of aromatic nitrogens is 3. The summed E-state index contributed by atoms with van der Waals surface area (Å²) in [6.45, 7) is 2.05. The van der Waals surface area contributed by atoms with E-state index in [9.17, 15) is 4.79 Å². The first kappa shape index (κ1) is 12.9. The summed E-state index contributed by atoms with van der Waals surface area (Å²) >= 11 is 1.57. The molecule has 2 aromatic carbocycles. The first-order valence-corrected chi connectivity index (χ1v) is 7.24. The third-order valence-corrected chi connectivity index (χ3v) is 3.98. The van der Waals surface area contributed by atoms with Crippen LogP contribution >= 0.6 is 11.8 Å². The molecule has 0 aliphatic carbocycles. The summed E-state index contributed by atoms with van der Waals surface area (Å²) in [4.78, 5) is 13.4. The van der Waals surface area contributed by atoms with E-state index in [1.54, 1.807) is 23.9 Å². The van der Waals surface area contributed by atoms with Crippen molar-refractivity contribution < 1.29 is 0 Å². The predicted molar refractivity (Wildman–Crippen MR) is 80.8 cm³/mol. The van der Waals surface area contributed by atoms with Crippen LogP contribution in [-0.4, -0.2) is 15.0 Å². The lowest BCUT2D eigenvalue weighted by Crippen LogP contribution is -2.23. The van der Waals surface area contributed by atoms with Crippen molar-refractivity contribution in [2.75, 3.05) is 0 Å². The normalized spacial score (nSPS) is 10.8. The van der Waals surface area contributed by atoms with Gasteiger partial charge in [-0.05, 0) is 31.2 Å². The molecular weight excluding hydrogens is 270 g/mol. The van der Waals surface area contributed by atoms with Crippen LogP contribution in [0.4, 0.5) is 0 Å². The topological polar surface area (TPSA) is 47.8 Å². The average Bonchev–Trinajstić information content (AvgIpc) is 2.49. The van der Waals surface area contributed by atoms with Crippen molar-refractivity contribution in [3.63, 3.8) is 0 Å². The molecule has 1 aromatic heterocycles. The van der Waals surface area contributed by atoms with Gasteiger partial charge in [0.05, 0.1) is 11.3 Å². The third-order valence-electron chi connectivity index (χ3n) is 3.00. The van der Waals surface area contributed by atoms with Crippen LogP contribution in [0.15, 0.2) is 58.2 Å². The minimum Gasteiger partial charge on any atom is -0.267 e. The zero-order chi connectivity index (χ0) is 13.9. The van der Waals surface area contributed by atoms with Crippen LogP contribution in [0, 0.1) is 6.92 Å². The molecule has 1 heterocycles. The molecule has 0 bridgehead atoms. The summed E-state index contributed by atoms with van der Waals surface area (Å²) in [6.07, 6.45) is 0.